The molecule has 2 N–H and O–H groups in total. The molecule has 0 amide bonds. The number of hydrogen-bond donors (Lipinski definition) is 2. The maximum atomic E-state index is 9.64. The Kier molecular flexibility index (Phi) is 5.40. The smallest absolute Gasteiger partial charge is 0.0613 e. The standard InChI is InChI=1S/C15H29NOS/c1-12-5-3-6-13(9-12)18-14-7-4-8-15(10-14,11-17)16-2/h12-14,16-17H,3-11H2,1-2H3. The Balaban J connectivity index is 1.85. The van der Waals surface area contributed by atoms with Gasteiger partial charge in [-0.2, -0.15) is 11.8 Å². The molecular weight excluding hydrogens is 242 g/mol. The first-order valence-corrected chi connectivity index (χ1v) is 8.57. The van der Waals surface area contributed by atoms with Crippen molar-refractivity contribution in [2.24, 2.45) is 5.92 Å². The number of rotatable bonds is 4. The number of hydrogen-bond acceptors (Lipinski definition) is 3. The minimum atomic E-state index is 0.0101. The molecule has 4 unspecified atom stereocenters. The van der Waals surface area contributed by atoms with Crippen molar-refractivity contribution < 1.29 is 5.11 Å². The Morgan fingerprint density at radius 2 is 2.00 bits per heavy atom. The molecule has 106 valence electrons. The molecule has 0 saturated heterocycles. The maximum Gasteiger partial charge on any atom is 0.0613 e. The molecule has 0 aromatic heterocycles. The molecule has 0 aromatic rings. The van der Waals surface area contributed by atoms with Gasteiger partial charge in [0.05, 0.1) is 6.61 Å². The Labute approximate surface area is 116 Å². The maximum absolute atomic E-state index is 9.64. The number of aliphatic hydroxyl groups excluding tert-OH is 1. The summed E-state index contributed by atoms with van der Waals surface area (Å²) in [6, 6.07) is 0. The minimum absolute atomic E-state index is 0.0101. The molecule has 0 aliphatic heterocycles. The quantitative estimate of drug-likeness (QED) is 0.823. The van der Waals surface area contributed by atoms with Gasteiger partial charge in [0.25, 0.3) is 0 Å². The normalized spacial score (nSPS) is 41.8. The summed E-state index contributed by atoms with van der Waals surface area (Å²) in [6.45, 7) is 2.70. The highest BCUT2D eigenvalue weighted by atomic mass is 32.2. The van der Waals surface area contributed by atoms with Crippen LogP contribution in [0.2, 0.25) is 0 Å². The van der Waals surface area contributed by atoms with E-state index < -0.39 is 0 Å². The van der Waals surface area contributed by atoms with Gasteiger partial charge < -0.3 is 10.4 Å². The fourth-order valence-corrected chi connectivity index (χ4v) is 5.65. The van der Waals surface area contributed by atoms with E-state index in [0.717, 1.165) is 29.3 Å². The Morgan fingerprint density at radius 3 is 2.67 bits per heavy atom. The lowest BCUT2D eigenvalue weighted by Crippen LogP contribution is -2.50. The Bertz CT molecular complexity index is 255. The molecule has 0 heterocycles. The van der Waals surface area contributed by atoms with Crippen molar-refractivity contribution in [2.45, 2.75) is 74.3 Å². The number of likely N-dealkylation sites (N-methyl/N-ethyl adjacent to an activating group) is 1. The van der Waals surface area contributed by atoms with Crippen LogP contribution in [0, 0.1) is 5.92 Å². The molecule has 2 aliphatic carbocycles. The fraction of sp³-hybridized carbons (Fsp3) is 1.00. The highest BCUT2D eigenvalue weighted by Gasteiger charge is 2.36. The zero-order chi connectivity index (χ0) is 13.0. The van der Waals surface area contributed by atoms with Gasteiger partial charge >= 0.3 is 0 Å². The molecule has 2 saturated carbocycles. The molecule has 18 heavy (non-hydrogen) atoms. The SMILES string of the molecule is CNC1(CO)CCCC(SC2CCCC(C)C2)C1. The van der Waals surface area contributed by atoms with Gasteiger partial charge in [0.15, 0.2) is 0 Å². The van der Waals surface area contributed by atoms with E-state index in [2.05, 4.69) is 24.0 Å². The highest BCUT2D eigenvalue weighted by molar-refractivity contribution is 8.00. The van der Waals surface area contributed by atoms with Crippen LogP contribution in [-0.4, -0.2) is 34.8 Å². The van der Waals surface area contributed by atoms with Gasteiger partial charge in [0.1, 0.15) is 0 Å². The summed E-state index contributed by atoms with van der Waals surface area (Å²) in [7, 11) is 2.01. The summed E-state index contributed by atoms with van der Waals surface area (Å²) in [6.07, 6.45) is 10.6. The fourth-order valence-electron chi connectivity index (χ4n) is 3.65. The van der Waals surface area contributed by atoms with Crippen LogP contribution in [0.5, 0.6) is 0 Å². The summed E-state index contributed by atoms with van der Waals surface area (Å²) >= 11 is 2.23. The van der Waals surface area contributed by atoms with Crippen molar-refractivity contribution in [1.29, 1.82) is 0 Å². The lowest BCUT2D eigenvalue weighted by molar-refractivity contribution is 0.131. The van der Waals surface area contributed by atoms with Crippen molar-refractivity contribution in [3.63, 3.8) is 0 Å². The molecule has 0 spiro atoms. The molecule has 2 nitrogen and oxygen atoms in total. The van der Waals surface area contributed by atoms with Gasteiger partial charge in [-0.05, 0) is 45.1 Å². The zero-order valence-corrected chi connectivity index (χ0v) is 12.8. The summed E-state index contributed by atoms with van der Waals surface area (Å²) in [4.78, 5) is 0. The summed E-state index contributed by atoms with van der Waals surface area (Å²) in [5, 5.41) is 14.7. The van der Waals surface area contributed by atoms with Gasteiger partial charge in [-0.3, -0.25) is 0 Å². The van der Waals surface area contributed by atoms with Crippen molar-refractivity contribution in [2.75, 3.05) is 13.7 Å². The van der Waals surface area contributed by atoms with Crippen LogP contribution in [0.1, 0.15) is 58.3 Å². The summed E-state index contributed by atoms with van der Waals surface area (Å²) in [5.74, 6) is 0.923. The van der Waals surface area contributed by atoms with E-state index in [1.807, 2.05) is 7.05 Å². The molecule has 2 aliphatic rings. The average molecular weight is 271 g/mol. The van der Waals surface area contributed by atoms with E-state index in [0.29, 0.717) is 6.61 Å². The third kappa shape index (κ3) is 3.64. The predicted molar refractivity (Wildman–Crippen MR) is 80.1 cm³/mol. The first-order chi connectivity index (χ1) is 8.67. The predicted octanol–water partition coefficient (Wildman–Crippen LogP) is 3.19. The van der Waals surface area contributed by atoms with Crippen molar-refractivity contribution in [3.8, 4) is 0 Å². The molecular formula is C15H29NOS. The first-order valence-electron chi connectivity index (χ1n) is 7.63. The number of aliphatic hydroxyl groups is 1. The van der Waals surface area contributed by atoms with Gasteiger partial charge in [0, 0.05) is 16.0 Å². The minimum Gasteiger partial charge on any atom is -0.394 e. The van der Waals surface area contributed by atoms with Gasteiger partial charge in [-0.15, -0.1) is 0 Å². The van der Waals surface area contributed by atoms with Crippen molar-refractivity contribution in [1.82, 2.24) is 5.32 Å². The monoisotopic (exact) mass is 271 g/mol. The van der Waals surface area contributed by atoms with Gasteiger partial charge in [0.2, 0.25) is 0 Å². The number of thioether (sulfide) groups is 1. The largest absolute Gasteiger partial charge is 0.394 e. The molecule has 2 fully saturated rings. The third-order valence-electron chi connectivity index (χ3n) is 4.91. The van der Waals surface area contributed by atoms with Gasteiger partial charge in [-0.1, -0.05) is 26.2 Å². The molecule has 0 radical (unpaired) electrons. The third-order valence-corrected chi connectivity index (χ3v) is 6.51. The van der Waals surface area contributed by atoms with Crippen LogP contribution >= 0.6 is 11.8 Å². The van der Waals surface area contributed by atoms with Crippen molar-refractivity contribution in [3.05, 3.63) is 0 Å². The second-order valence-corrected chi connectivity index (χ2v) is 8.04. The lowest BCUT2D eigenvalue weighted by atomic mass is 9.82. The summed E-state index contributed by atoms with van der Waals surface area (Å²) in [5.41, 5.74) is 0.0101. The average Bonchev–Trinajstić information content (AvgIpc) is 2.39. The Hall–Kier alpha value is 0.270. The van der Waals surface area contributed by atoms with E-state index in [9.17, 15) is 5.11 Å². The van der Waals surface area contributed by atoms with Crippen LogP contribution in [0.4, 0.5) is 0 Å². The molecule has 0 aromatic carbocycles. The van der Waals surface area contributed by atoms with E-state index in [1.54, 1.807) is 0 Å². The van der Waals surface area contributed by atoms with Crippen LogP contribution in [0.3, 0.4) is 0 Å². The second-order valence-electron chi connectivity index (χ2n) is 6.44. The van der Waals surface area contributed by atoms with Crippen LogP contribution in [0.15, 0.2) is 0 Å². The van der Waals surface area contributed by atoms with Gasteiger partial charge in [-0.25, -0.2) is 0 Å². The number of nitrogens with one attached hydrogen (secondary N) is 1. The van der Waals surface area contributed by atoms with Crippen molar-refractivity contribution >= 4 is 11.8 Å². The van der Waals surface area contributed by atoms with E-state index in [-0.39, 0.29) is 5.54 Å². The van der Waals surface area contributed by atoms with Crippen LogP contribution in [-0.2, 0) is 0 Å². The molecule has 3 heteroatoms. The van der Waals surface area contributed by atoms with Crippen LogP contribution < -0.4 is 5.32 Å². The zero-order valence-electron chi connectivity index (χ0n) is 12.0. The summed E-state index contributed by atoms with van der Waals surface area (Å²) < 4.78 is 0. The molecule has 2 rings (SSSR count). The van der Waals surface area contributed by atoms with Crippen LogP contribution in [0.25, 0.3) is 0 Å². The molecule has 0 bridgehead atoms. The van der Waals surface area contributed by atoms with E-state index in [4.69, 9.17) is 0 Å². The first kappa shape index (κ1) is 14.7. The second kappa shape index (κ2) is 6.62. The van der Waals surface area contributed by atoms with E-state index >= 15 is 0 Å². The lowest BCUT2D eigenvalue weighted by Gasteiger charge is -2.41. The van der Waals surface area contributed by atoms with E-state index in [1.165, 1.54) is 38.5 Å². The topological polar surface area (TPSA) is 32.3 Å². The Morgan fingerprint density at radius 1 is 1.22 bits per heavy atom. The highest BCUT2D eigenvalue weighted by Crippen LogP contribution is 2.41. The molecule has 4 atom stereocenters.